The molecule has 0 saturated heterocycles. The number of nitrogens with one attached hydrogen (secondary N) is 1. The largest absolute Gasteiger partial charge is 0.497 e. The minimum Gasteiger partial charge on any atom is -0.497 e. The molecule has 0 unspecified atom stereocenters. The van der Waals surface area contributed by atoms with Crippen LogP contribution in [0.15, 0.2) is 81.4 Å². The summed E-state index contributed by atoms with van der Waals surface area (Å²) in [5.41, 5.74) is 0.330. The van der Waals surface area contributed by atoms with Crippen LogP contribution in [-0.4, -0.2) is 42.6 Å². The third kappa shape index (κ3) is 6.35. The molecule has 0 atom stereocenters. The molecule has 0 aromatic heterocycles. The molecule has 0 heterocycles. The van der Waals surface area contributed by atoms with Gasteiger partial charge in [0.15, 0.2) is 9.84 Å². The molecule has 33 heavy (non-hydrogen) atoms. The van der Waals surface area contributed by atoms with Crippen LogP contribution in [0.2, 0.25) is 5.02 Å². The number of benzene rings is 3. The zero-order chi connectivity index (χ0) is 24.1. The van der Waals surface area contributed by atoms with Gasteiger partial charge in [-0.15, -0.1) is 11.8 Å². The van der Waals surface area contributed by atoms with Crippen LogP contribution in [0.5, 0.6) is 11.5 Å². The number of thioether (sulfide) groups is 1. The molecule has 0 radical (unpaired) electrons. The summed E-state index contributed by atoms with van der Waals surface area (Å²) in [5.74, 6) is 0.643. The Labute approximate surface area is 203 Å². The van der Waals surface area contributed by atoms with Gasteiger partial charge in [0.05, 0.1) is 30.6 Å². The Kier molecular flexibility index (Phi) is 8.17. The molecule has 3 aromatic rings. The van der Waals surface area contributed by atoms with E-state index >= 15 is 0 Å². The van der Waals surface area contributed by atoms with Crippen molar-refractivity contribution in [3.8, 4) is 11.5 Å². The molecular formula is C22H22ClNO6S3. The number of halogens is 1. The van der Waals surface area contributed by atoms with Gasteiger partial charge in [0.25, 0.3) is 10.0 Å². The third-order valence-electron chi connectivity index (χ3n) is 4.57. The third-order valence-corrected chi connectivity index (χ3v) is 9.28. The predicted octanol–water partition coefficient (Wildman–Crippen LogP) is 4.72. The van der Waals surface area contributed by atoms with Crippen molar-refractivity contribution in [2.24, 2.45) is 0 Å². The number of methoxy groups -OCH3 is 2. The minimum atomic E-state index is -4.01. The number of para-hydroxylation sites is 1. The highest BCUT2D eigenvalue weighted by atomic mass is 35.5. The van der Waals surface area contributed by atoms with E-state index in [0.29, 0.717) is 21.4 Å². The number of hydrogen-bond acceptors (Lipinski definition) is 7. The van der Waals surface area contributed by atoms with E-state index in [9.17, 15) is 16.8 Å². The lowest BCUT2D eigenvalue weighted by Crippen LogP contribution is -2.15. The van der Waals surface area contributed by atoms with Crippen LogP contribution in [0.3, 0.4) is 0 Å². The van der Waals surface area contributed by atoms with Crippen molar-refractivity contribution in [1.82, 2.24) is 0 Å². The molecule has 0 aliphatic rings. The summed E-state index contributed by atoms with van der Waals surface area (Å²) in [6.45, 7) is 0. The lowest BCUT2D eigenvalue weighted by Gasteiger charge is -2.15. The van der Waals surface area contributed by atoms with Crippen molar-refractivity contribution in [2.45, 2.75) is 14.7 Å². The zero-order valence-corrected chi connectivity index (χ0v) is 21.0. The maximum Gasteiger partial charge on any atom is 0.265 e. The van der Waals surface area contributed by atoms with Gasteiger partial charge in [0.1, 0.15) is 16.4 Å². The van der Waals surface area contributed by atoms with Gasteiger partial charge in [-0.25, -0.2) is 16.8 Å². The number of hydrogen-bond donors (Lipinski definition) is 1. The first-order valence-corrected chi connectivity index (χ1v) is 14.1. The fourth-order valence-electron chi connectivity index (χ4n) is 2.89. The van der Waals surface area contributed by atoms with Gasteiger partial charge in [-0.1, -0.05) is 23.7 Å². The average molecular weight is 528 g/mol. The Morgan fingerprint density at radius 3 is 2.27 bits per heavy atom. The first-order chi connectivity index (χ1) is 15.7. The van der Waals surface area contributed by atoms with Crippen molar-refractivity contribution < 1.29 is 26.3 Å². The molecule has 7 nitrogen and oxygen atoms in total. The Bertz CT molecular complexity index is 1330. The van der Waals surface area contributed by atoms with Crippen molar-refractivity contribution in [3.63, 3.8) is 0 Å². The van der Waals surface area contributed by atoms with Crippen LogP contribution in [0.4, 0.5) is 5.69 Å². The quantitative estimate of drug-likeness (QED) is 0.381. The highest BCUT2D eigenvalue weighted by molar-refractivity contribution is 8.01. The standard InChI is InChI=1S/C22H22ClNO6S3/c1-29-17-9-12-20(30-2)22(15-17)33(27,28)24-19-5-3-4-6-21(19)31-13-14-32(25,26)18-10-7-16(23)8-11-18/h3-12,15,24H,13-14H2,1-2H3. The monoisotopic (exact) mass is 527 g/mol. The summed E-state index contributed by atoms with van der Waals surface area (Å²) < 4.78 is 64.2. The molecular weight excluding hydrogens is 506 g/mol. The fourth-order valence-corrected chi connectivity index (χ4v) is 7.01. The molecule has 3 aromatic carbocycles. The number of anilines is 1. The SMILES string of the molecule is COc1ccc(OC)c(S(=O)(=O)Nc2ccccc2SCCS(=O)(=O)c2ccc(Cl)cc2)c1. The number of rotatable bonds is 10. The van der Waals surface area contributed by atoms with Crippen LogP contribution in [0.25, 0.3) is 0 Å². The van der Waals surface area contributed by atoms with Crippen molar-refractivity contribution >= 4 is 48.9 Å². The van der Waals surface area contributed by atoms with Gasteiger partial charge in [-0.2, -0.15) is 0 Å². The Morgan fingerprint density at radius 2 is 1.61 bits per heavy atom. The highest BCUT2D eigenvalue weighted by Gasteiger charge is 2.22. The average Bonchev–Trinajstić information content (AvgIpc) is 2.79. The predicted molar refractivity (Wildman–Crippen MR) is 131 cm³/mol. The highest BCUT2D eigenvalue weighted by Crippen LogP contribution is 2.33. The molecule has 0 spiro atoms. The van der Waals surface area contributed by atoms with Crippen molar-refractivity contribution in [3.05, 3.63) is 71.8 Å². The molecule has 1 N–H and O–H groups in total. The second kappa shape index (κ2) is 10.7. The summed E-state index contributed by atoms with van der Waals surface area (Å²) in [6, 6.07) is 17.2. The van der Waals surface area contributed by atoms with Crippen LogP contribution >= 0.6 is 23.4 Å². The molecule has 0 aliphatic heterocycles. The van der Waals surface area contributed by atoms with Gasteiger partial charge >= 0.3 is 0 Å². The zero-order valence-electron chi connectivity index (χ0n) is 17.8. The van der Waals surface area contributed by atoms with Crippen LogP contribution in [0.1, 0.15) is 0 Å². The van der Waals surface area contributed by atoms with E-state index in [1.165, 1.54) is 62.4 Å². The summed E-state index contributed by atoms with van der Waals surface area (Å²) >= 11 is 7.06. The van der Waals surface area contributed by atoms with E-state index in [1.54, 1.807) is 30.3 Å². The maximum absolute atomic E-state index is 13.1. The van der Waals surface area contributed by atoms with Gasteiger partial charge in [0, 0.05) is 21.7 Å². The molecule has 0 bridgehead atoms. The smallest absolute Gasteiger partial charge is 0.265 e. The van der Waals surface area contributed by atoms with Crippen molar-refractivity contribution in [1.29, 1.82) is 0 Å². The van der Waals surface area contributed by atoms with Gasteiger partial charge in [-0.3, -0.25) is 4.72 Å². The van der Waals surface area contributed by atoms with E-state index in [-0.39, 0.29) is 27.0 Å². The molecule has 11 heteroatoms. The van der Waals surface area contributed by atoms with E-state index in [2.05, 4.69) is 4.72 Å². The Morgan fingerprint density at radius 1 is 0.909 bits per heavy atom. The van der Waals surface area contributed by atoms with Gasteiger partial charge < -0.3 is 9.47 Å². The summed E-state index contributed by atoms with van der Waals surface area (Å²) in [4.78, 5) is 0.704. The van der Waals surface area contributed by atoms with E-state index in [4.69, 9.17) is 21.1 Å². The molecule has 0 amide bonds. The minimum absolute atomic E-state index is 0.0746. The summed E-state index contributed by atoms with van der Waals surface area (Å²) in [5, 5.41) is 0.456. The second-order valence-corrected chi connectivity index (χ2v) is 12.1. The lowest BCUT2D eigenvalue weighted by atomic mass is 10.3. The summed E-state index contributed by atoms with van der Waals surface area (Å²) in [6.07, 6.45) is 0. The number of sulfone groups is 1. The first-order valence-electron chi connectivity index (χ1n) is 9.61. The Balaban J connectivity index is 1.78. The first kappa shape index (κ1) is 25.2. The topological polar surface area (TPSA) is 98.8 Å². The van der Waals surface area contributed by atoms with Crippen molar-refractivity contribution in [2.75, 3.05) is 30.4 Å². The summed E-state index contributed by atoms with van der Waals surface area (Å²) in [7, 11) is -4.69. The van der Waals surface area contributed by atoms with E-state index in [1.807, 2.05) is 0 Å². The Hall–Kier alpha value is -2.40. The van der Waals surface area contributed by atoms with Crippen LogP contribution < -0.4 is 14.2 Å². The molecule has 176 valence electrons. The normalized spacial score (nSPS) is 11.7. The lowest BCUT2D eigenvalue weighted by molar-refractivity contribution is 0.392. The number of sulfonamides is 1. The fraction of sp³-hybridized carbons (Fsp3) is 0.182. The molecule has 3 rings (SSSR count). The second-order valence-electron chi connectivity index (χ2n) is 6.74. The van der Waals surface area contributed by atoms with Gasteiger partial charge in [0.2, 0.25) is 0 Å². The molecule has 0 aliphatic carbocycles. The van der Waals surface area contributed by atoms with E-state index in [0.717, 1.165) is 0 Å². The van der Waals surface area contributed by atoms with Crippen LogP contribution in [-0.2, 0) is 19.9 Å². The van der Waals surface area contributed by atoms with E-state index < -0.39 is 19.9 Å². The molecule has 0 fully saturated rings. The molecule has 0 saturated carbocycles. The maximum atomic E-state index is 13.1. The van der Waals surface area contributed by atoms with Crippen LogP contribution in [0, 0.1) is 0 Å². The number of ether oxygens (including phenoxy) is 2. The van der Waals surface area contributed by atoms with Gasteiger partial charge in [-0.05, 0) is 48.5 Å².